The number of rotatable bonds is 3. The largest absolute Gasteiger partial charge is 0.444 e. The molecule has 29 heavy (non-hydrogen) atoms. The van der Waals surface area contributed by atoms with Crippen LogP contribution in [0.1, 0.15) is 38.1 Å². The zero-order valence-corrected chi connectivity index (χ0v) is 17.3. The average Bonchev–Trinajstić information content (AvgIpc) is 3.11. The number of hydrogen-bond acceptors (Lipinski definition) is 4. The molecule has 1 saturated heterocycles. The normalized spacial score (nSPS) is 18.2. The number of imidazole rings is 1. The third-order valence-electron chi connectivity index (χ3n) is 5.19. The highest BCUT2D eigenvalue weighted by atomic mass is 16.6. The summed E-state index contributed by atoms with van der Waals surface area (Å²) in [6.45, 7) is 8.51. The molecule has 1 aliphatic heterocycles. The first-order chi connectivity index (χ1) is 13.9. The van der Waals surface area contributed by atoms with E-state index in [0.29, 0.717) is 13.1 Å². The Morgan fingerprint density at radius 2 is 1.86 bits per heavy atom. The zero-order valence-electron chi connectivity index (χ0n) is 17.3. The number of carbonyl (C=O) groups is 1. The van der Waals surface area contributed by atoms with Crippen molar-refractivity contribution in [2.24, 2.45) is 0 Å². The van der Waals surface area contributed by atoms with Gasteiger partial charge in [0.05, 0.1) is 17.9 Å². The summed E-state index contributed by atoms with van der Waals surface area (Å²) in [5.74, 6) is 0. The van der Waals surface area contributed by atoms with Gasteiger partial charge in [-0.15, -0.1) is 0 Å². The molecule has 0 bridgehead atoms. The SMILES string of the molecule is CC(C)(C)OC(=O)N1CCN(Cc2cnc3ccccn23)[C@H](c2ccccc2)C1. The first-order valence-electron chi connectivity index (χ1n) is 10.1. The Bertz CT molecular complexity index is 977. The number of fused-ring (bicyclic) bond motifs is 1. The third-order valence-corrected chi connectivity index (χ3v) is 5.19. The second-order valence-corrected chi connectivity index (χ2v) is 8.50. The number of ether oxygens (including phenoxy) is 1. The Hall–Kier alpha value is -2.86. The molecule has 0 aliphatic carbocycles. The molecule has 3 aromatic rings. The molecule has 152 valence electrons. The van der Waals surface area contributed by atoms with Gasteiger partial charge in [0, 0.05) is 32.4 Å². The summed E-state index contributed by atoms with van der Waals surface area (Å²) in [7, 11) is 0. The maximum Gasteiger partial charge on any atom is 0.410 e. The summed E-state index contributed by atoms with van der Waals surface area (Å²) < 4.78 is 7.74. The lowest BCUT2D eigenvalue weighted by atomic mass is 10.0. The smallest absolute Gasteiger partial charge is 0.410 e. The number of piperazine rings is 1. The highest BCUT2D eigenvalue weighted by Gasteiger charge is 2.33. The fraction of sp³-hybridized carbons (Fsp3) is 0.391. The molecule has 1 fully saturated rings. The van der Waals surface area contributed by atoms with Crippen molar-refractivity contribution >= 4 is 11.7 Å². The Morgan fingerprint density at radius 3 is 2.62 bits per heavy atom. The van der Waals surface area contributed by atoms with Gasteiger partial charge in [0.15, 0.2) is 0 Å². The molecule has 3 heterocycles. The molecule has 0 saturated carbocycles. The number of aromatic nitrogens is 2. The maximum absolute atomic E-state index is 12.7. The van der Waals surface area contributed by atoms with Crippen molar-refractivity contribution in [3.05, 3.63) is 72.2 Å². The van der Waals surface area contributed by atoms with E-state index in [0.717, 1.165) is 24.4 Å². The van der Waals surface area contributed by atoms with E-state index in [9.17, 15) is 4.79 Å². The van der Waals surface area contributed by atoms with Crippen LogP contribution in [0.25, 0.3) is 5.65 Å². The van der Waals surface area contributed by atoms with Gasteiger partial charge in [-0.25, -0.2) is 9.78 Å². The Labute approximate surface area is 171 Å². The van der Waals surface area contributed by atoms with Crippen molar-refractivity contribution < 1.29 is 9.53 Å². The molecule has 0 unspecified atom stereocenters. The molecular formula is C23H28N4O2. The molecule has 1 aromatic carbocycles. The summed E-state index contributed by atoms with van der Waals surface area (Å²) in [4.78, 5) is 21.4. The van der Waals surface area contributed by atoms with Crippen LogP contribution in [0.3, 0.4) is 0 Å². The average molecular weight is 393 g/mol. The van der Waals surface area contributed by atoms with Crippen LogP contribution in [0.15, 0.2) is 60.9 Å². The highest BCUT2D eigenvalue weighted by molar-refractivity contribution is 5.68. The van der Waals surface area contributed by atoms with E-state index in [-0.39, 0.29) is 12.1 Å². The van der Waals surface area contributed by atoms with Gasteiger partial charge in [-0.05, 0) is 38.5 Å². The summed E-state index contributed by atoms with van der Waals surface area (Å²) in [5, 5.41) is 0. The number of carbonyl (C=O) groups excluding carboxylic acids is 1. The Morgan fingerprint density at radius 1 is 1.10 bits per heavy atom. The number of benzene rings is 1. The standard InChI is InChI=1S/C23H28N4O2/c1-23(2,3)29-22(28)26-14-13-25(20(17-26)18-9-5-4-6-10-18)16-19-15-24-21-11-7-8-12-27(19)21/h4-12,15,20H,13-14,16-17H2,1-3H3/t20-/m0/s1. The van der Waals surface area contributed by atoms with Gasteiger partial charge in [0.25, 0.3) is 0 Å². The van der Waals surface area contributed by atoms with E-state index >= 15 is 0 Å². The lowest BCUT2D eigenvalue weighted by Gasteiger charge is -2.41. The zero-order chi connectivity index (χ0) is 20.4. The van der Waals surface area contributed by atoms with Crippen LogP contribution in [-0.2, 0) is 11.3 Å². The fourth-order valence-corrected chi connectivity index (χ4v) is 3.80. The van der Waals surface area contributed by atoms with Crippen LogP contribution in [0.2, 0.25) is 0 Å². The van der Waals surface area contributed by atoms with Gasteiger partial charge < -0.3 is 14.0 Å². The van der Waals surface area contributed by atoms with Crippen molar-refractivity contribution in [1.82, 2.24) is 19.2 Å². The minimum Gasteiger partial charge on any atom is -0.444 e. The molecular weight excluding hydrogens is 364 g/mol. The summed E-state index contributed by atoms with van der Waals surface area (Å²) in [6, 6.07) is 16.5. The number of hydrogen-bond donors (Lipinski definition) is 0. The van der Waals surface area contributed by atoms with Crippen LogP contribution in [0.5, 0.6) is 0 Å². The lowest BCUT2D eigenvalue weighted by molar-refractivity contribution is 0.00182. The molecule has 6 heteroatoms. The van der Waals surface area contributed by atoms with Crippen molar-refractivity contribution in [1.29, 1.82) is 0 Å². The van der Waals surface area contributed by atoms with Crippen LogP contribution in [0.4, 0.5) is 4.79 Å². The van der Waals surface area contributed by atoms with E-state index in [1.165, 1.54) is 5.56 Å². The minimum atomic E-state index is -0.493. The Kier molecular flexibility index (Phi) is 5.28. The van der Waals surface area contributed by atoms with E-state index < -0.39 is 5.60 Å². The first kappa shape index (κ1) is 19.5. The van der Waals surface area contributed by atoms with Gasteiger partial charge in [0.2, 0.25) is 0 Å². The Balaban J connectivity index is 1.57. The van der Waals surface area contributed by atoms with Gasteiger partial charge >= 0.3 is 6.09 Å². The summed E-state index contributed by atoms with van der Waals surface area (Å²) >= 11 is 0. The summed E-state index contributed by atoms with van der Waals surface area (Å²) in [6.07, 6.45) is 3.75. The number of nitrogens with zero attached hydrogens (tertiary/aromatic N) is 4. The van der Waals surface area contributed by atoms with Gasteiger partial charge in [-0.2, -0.15) is 0 Å². The maximum atomic E-state index is 12.7. The van der Waals surface area contributed by atoms with E-state index in [1.807, 2.05) is 74.5 Å². The molecule has 6 nitrogen and oxygen atoms in total. The molecule has 4 rings (SSSR count). The fourth-order valence-electron chi connectivity index (χ4n) is 3.80. The molecule has 2 aromatic heterocycles. The van der Waals surface area contributed by atoms with Crippen LogP contribution in [-0.4, -0.2) is 50.5 Å². The predicted molar refractivity (Wildman–Crippen MR) is 113 cm³/mol. The predicted octanol–water partition coefficient (Wildman–Crippen LogP) is 4.13. The topological polar surface area (TPSA) is 50.1 Å². The third kappa shape index (κ3) is 4.43. The quantitative estimate of drug-likeness (QED) is 0.673. The molecule has 1 amide bonds. The molecule has 0 radical (unpaired) electrons. The molecule has 1 aliphatic rings. The van der Waals surface area contributed by atoms with E-state index in [1.54, 1.807) is 0 Å². The van der Waals surface area contributed by atoms with E-state index in [2.05, 4.69) is 26.4 Å². The second-order valence-electron chi connectivity index (χ2n) is 8.50. The van der Waals surface area contributed by atoms with Crippen LogP contribution >= 0.6 is 0 Å². The summed E-state index contributed by atoms with van der Waals surface area (Å²) in [5.41, 5.74) is 2.81. The first-order valence-corrected chi connectivity index (χ1v) is 10.1. The van der Waals surface area contributed by atoms with Gasteiger partial charge in [-0.1, -0.05) is 36.4 Å². The minimum absolute atomic E-state index is 0.103. The van der Waals surface area contributed by atoms with Gasteiger partial charge in [-0.3, -0.25) is 4.90 Å². The second kappa shape index (κ2) is 7.87. The van der Waals surface area contributed by atoms with Crippen molar-refractivity contribution in [2.75, 3.05) is 19.6 Å². The monoisotopic (exact) mass is 392 g/mol. The van der Waals surface area contributed by atoms with Crippen molar-refractivity contribution in [2.45, 2.75) is 39.0 Å². The van der Waals surface area contributed by atoms with Crippen LogP contribution < -0.4 is 0 Å². The van der Waals surface area contributed by atoms with Crippen molar-refractivity contribution in [3.63, 3.8) is 0 Å². The highest BCUT2D eigenvalue weighted by Crippen LogP contribution is 2.28. The molecule has 0 spiro atoms. The number of amides is 1. The molecule has 0 N–H and O–H groups in total. The number of pyridine rings is 1. The van der Waals surface area contributed by atoms with Crippen molar-refractivity contribution in [3.8, 4) is 0 Å². The van der Waals surface area contributed by atoms with Crippen LogP contribution in [0, 0.1) is 0 Å². The molecule has 1 atom stereocenters. The lowest BCUT2D eigenvalue weighted by Crippen LogP contribution is -2.51. The van der Waals surface area contributed by atoms with Gasteiger partial charge in [0.1, 0.15) is 11.2 Å². The van der Waals surface area contributed by atoms with E-state index in [4.69, 9.17) is 4.74 Å².